The molecule has 6 heteroatoms. The molecule has 0 saturated carbocycles. The minimum absolute atomic E-state index is 0.106. The number of para-hydroxylation sites is 1. The molecular weight excluding hydrogens is 280 g/mol. The van der Waals surface area contributed by atoms with Gasteiger partial charge in [-0.15, -0.1) is 0 Å². The van der Waals surface area contributed by atoms with Crippen LogP contribution in [-0.2, 0) is 9.84 Å². The molecular formula is C13H20N2O2S2. The van der Waals surface area contributed by atoms with Crippen molar-refractivity contribution in [3.8, 4) is 0 Å². The number of hydrogen-bond acceptors (Lipinski definition) is 5. The van der Waals surface area contributed by atoms with Crippen LogP contribution in [0.25, 0.3) is 0 Å². The first-order valence-electron chi connectivity index (χ1n) is 6.29. The smallest absolute Gasteiger partial charge is 0.169 e. The van der Waals surface area contributed by atoms with Crippen LogP contribution < -0.4 is 10.6 Å². The maximum atomic E-state index is 12.0. The number of nitrogens with zero attached hydrogens (tertiary/aromatic N) is 1. The van der Waals surface area contributed by atoms with Gasteiger partial charge in [0.05, 0.1) is 0 Å². The monoisotopic (exact) mass is 300 g/mol. The molecule has 1 saturated heterocycles. The van der Waals surface area contributed by atoms with Gasteiger partial charge in [0.1, 0.15) is 5.37 Å². The predicted octanol–water partition coefficient (Wildman–Crippen LogP) is 1.63. The Kier molecular flexibility index (Phi) is 4.43. The summed E-state index contributed by atoms with van der Waals surface area (Å²) < 4.78 is 23.9. The van der Waals surface area contributed by atoms with Crippen LogP contribution in [0.5, 0.6) is 0 Å². The minimum Gasteiger partial charge on any atom is -0.353 e. The summed E-state index contributed by atoms with van der Waals surface area (Å²) in [5, 5.41) is -0.453. The average molecular weight is 300 g/mol. The second-order valence-electron chi connectivity index (χ2n) is 4.90. The van der Waals surface area contributed by atoms with Gasteiger partial charge in [0.15, 0.2) is 9.84 Å². The largest absolute Gasteiger partial charge is 0.353 e. The molecule has 0 spiro atoms. The number of benzene rings is 1. The fourth-order valence-electron chi connectivity index (χ4n) is 2.35. The lowest BCUT2D eigenvalue weighted by atomic mass is 10.1. The first kappa shape index (κ1) is 14.7. The fourth-order valence-corrected chi connectivity index (χ4v) is 5.18. The topological polar surface area (TPSA) is 63.4 Å². The van der Waals surface area contributed by atoms with Crippen molar-refractivity contribution < 1.29 is 8.42 Å². The van der Waals surface area contributed by atoms with Crippen LogP contribution in [0.15, 0.2) is 24.3 Å². The van der Waals surface area contributed by atoms with Crippen molar-refractivity contribution in [2.75, 3.05) is 29.2 Å². The summed E-state index contributed by atoms with van der Waals surface area (Å²) in [7, 11) is -3.10. The third-order valence-corrected chi connectivity index (χ3v) is 5.96. The van der Waals surface area contributed by atoms with E-state index in [0.29, 0.717) is 5.75 Å². The summed E-state index contributed by atoms with van der Waals surface area (Å²) in [4.78, 5) is 1.99. The van der Waals surface area contributed by atoms with Crippen molar-refractivity contribution in [1.82, 2.24) is 0 Å². The minimum atomic E-state index is -3.10. The number of anilines is 1. The molecule has 0 aromatic heterocycles. The molecule has 0 amide bonds. The molecule has 1 fully saturated rings. The van der Waals surface area contributed by atoms with E-state index in [1.807, 2.05) is 36.1 Å². The molecule has 1 aromatic rings. The van der Waals surface area contributed by atoms with E-state index in [4.69, 9.17) is 5.73 Å². The third kappa shape index (κ3) is 3.24. The predicted molar refractivity (Wildman–Crippen MR) is 82.3 cm³/mol. The number of thioether (sulfide) groups is 1. The van der Waals surface area contributed by atoms with Crippen LogP contribution in [0.3, 0.4) is 0 Å². The van der Waals surface area contributed by atoms with Gasteiger partial charge in [-0.25, -0.2) is 8.42 Å². The Bertz CT molecular complexity index is 543. The van der Waals surface area contributed by atoms with Gasteiger partial charge < -0.3 is 10.6 Å². The van der Waals surface area contributed by atoms with Gasteiger partial charge >= 0.3 is 0 Å². The van der Waals surface area contributed by atoms with Crippen molar-refractivity contribution in [3.05, 3.63) is 29.8 Å². The van der Waals surface area contributed by atoms with Gasteiger partial charge in [-0.05, 0) is 18.6 Å². The van der Waals surface area contributed by atoms with E-state index in [1.165, 1.54) is 6.26 Å². The Morgan fingerprint density at radius 3 is 2.74 bits per heavy atom. The van der Waals surface area contributed by atoms with Gasteiger partial charge in [0.25, 0.3) is 0 Å². The van der Waals surface area contributed by atoms with Crippen LogP contribution >= 0.6 is 11.8 Å². The molecule has 4 nitrogen and oxygen atoms in total. The molecule has 2 N–H and O–H groups in total. The average Bonchev–Trinajstić information content (AvgIpc) is 2.37. The van der Waals surface area contributed by atoms with E-state index in [-0.39, 0.29) is 6.04 Å². The quantitative estimate of drug-likeness (QED) is 0.919. The van der Waals surface area contributed by atoms with E-state index in [1.54, 1.807) is 11.8 Å². The maximum absolute atomic E-state index is 12.0. The summed E-state index contributed by atoms with van der Waals surface area (Å²) in [6.07, 6.45) is 1.31. The van der Waals surface area contributed by atoms with E-state index >= 15 is 0 Å². The van der Waals surface area contributed by atoms with Gasteiger partial charge in [0.2, 0.25) is 0 Å². The highest BCUT2D eigenvalue weighted by Gasteiger charge is 2.32. The third-order valence-electron chi connectivity index (χ3n) is 3.32. The first-order chi connectivity index (χ1) is 8.91. The van der Waals surface area contributed by atoms with Crippen molar-refractivity contribution >= 4 is 27.3 Å². The Morgan fingerprint density at radius 2 is 2.11 bits per heavy atom. The molecule has 2 atom stereocenters. The van der Waals surface area contributed by atoms with Crippen LogP contribution in [0.1, 0.15) is 18.5 Å². The number of rotatable bonds is 3. The summed E-state index contributed by atoms with van der Waals surface area (Å²) in [6.45, 7) is 2.67. The normalized spacial score (nSPS) is 22.3. The van der Waals surface area contributed by atoms with Crippen molar-refractivity contribution in [2.24, 2.45) is 5.73 Å². The Balaban J connectivity index is 2.44. The van der Waals surface area contributed by atoms with Crippen LogP contribution in [-0.4, -0.2) is 38.1 Å². The van der Waals surface area contributed by atoms with E-state index in [0.717, 1.165) is 23.5 Å². The zero-order chi connectivity index (χ0) is 14.0. The number of hydrogen-bond donors (Lipinski definition) is 1. The maximum Gasteiger partial charge on any atom is 0.169 e. The lowest BCUT2D eigenvalue weighted by Crippen LogP contribution is -2.47. The Hall–Kier alpha value is -0.720. The van der Waals surface area contributed by atoms with Crippen LogP contribution in [0.4, 0.5) is 5.69 Å². The van der Waals surface area contributed by atoms with Crippen molar-refractivity contribution in [1.29, 1.82) is 0 Å². The Morgan fingerprint density at radius 1 is 1.42 bits per heavy atom. The highest BCUT2D eigenvalue weighted by molar-refractivity contribution is 8.01. The van der Waals surface area contributed by atoms with Crippen molar-refractivity contribution in [2.45, 2.75) is 18.3 Å². The highest BCUT2D eigenvalue weighted by Crippen LogP contribution is 2.31. The van der Waals surface area contributed by atoms with Gasteiger partial charge in [-0.1, -0.05) is 18.2 Å². The first-order valence-corrected chi connectivity index (χ1v) is 9.40. The standard InChI is InChI=1S/C13H20N2O2S2/c1-10(14)11-5-3-4-6-12(11)15-7-8-18-9-13(15)19(2,16)17/h3-6,10,13H,7-9,14H2,1-2H3/t10-,13?/m0/s1. The summed E-state index contributed by atoms with van der Waals surface area (Å²) in [6, 6.07) is 7.71. The van der Waals surface area contributed by atoms with Gasteiger partial charge in [0, 0.05) is 36.0 Å². The SMILES string of the molecule is C[C@H](N)c1ccccc1N1CCSCC1S(C)(=O)=O. The molecule has 1 aromatic carbocycles. The molecule has 0 bridgehead atoms. The second kappa shape index (κ2) is 5.73. The molecule has 1 aliphatic heterocycles. The number of nitrogens with two attached hydrogens (primary N) is 1. The zero-order valence-corrected chi connectivity index (χ0v) is 12.9. The summed E-state index contributed by atoms with van der Waals surface area (Å²) in [5.41, 5.74) is 7.95. The lowest BCUT2D eigenvalue weighted by Gasteiger charge is -2.37. The molecule has 1 unspecified atom stereocenters. The molecule has 19 heavy (non-hydrogen) atoms. The van der Waals surface area contributed by atoms with E-state index in [9.17, 15) is 8.42 Å². The highest BCUT2D eigenvalue weighted by atomic mass is 32.2. The number of sulfone groups is 1. The summed E-state index contributed by atoms with van der Waals surface area (Å²) in [5.74, 6) is 1.56. The second-order valence-corrected chi connectivity index (χ2v) is 8.25. The molecule has 2 rings (SSSR count). The molecule has 0 aliphatic carbocycles. The molecule has 0 radical (unpaired) electrons. The fraction of sp³-hybridized carbons (Fsp3) is 0.538. The lowest BCUT2D eigenvalue weighted by molar-refractivity contribution is 0.584. The van der Waals surface area contributed by atoms with Crippen LogP contribution in [0.2, 0.25) is 0 Å². The van der Waals surface area contributed by atoms with Gasteiger partial charge in [-0.3, -0.25) is 0 Å². The van der Waals surface area contributed by atoms with Crippen molar-refractivity contribution in [3.63, 3.8) is 0 Å². The molecule has 106 valence electrons. The van der Waals surface area contributed by atoms with Gasteiger partial charge in [-0.2, -0.15) is 11.8 Å². The van der Waals surface area contributed by atoms with Crippen LogP contribution in [0, 0.1) is 0 Å². The zero-order valence-electron chi connectivity index (χ0n) is 11.2. The molecule has 1 aliphatic rings. The Labute approximate surface area is 119 Å². The van der Waals surface area contributed by atoms with E-state index in [2.05, 4.69) is 0 Å². The van der Waals surface area contributed by atoms with E-state index < -0.39 is 15.2 Å². The summed E-state index contributed by atoms with van der Waals surface area (Å²) >= 11 is 1.69. The molecule has 1 heterocycles.